The highest BCUT2D eigenvalue weighted by molar-refractivity contribution is 6.54. The fourth-order valence-corrected chi connectivity index (χ4v) is 7.46. The van der Waals surface area contributed by atoms with Gasteiger partial charge in [0.15, 0.2) is 0 Å². The Morgan fingerprint density at radius 2 is 0.586 bits per heavy atom. The fraction of sp³-hybridized carbons (Fsp3) is 1.00. The second-order valence-electron chi connectivity index (χ2n) is 10.9. The Hall–Kier alpha value is 0.0569. The first kappa shape index (κ1) is 29.1. The van der Waals surface area contributed by atoms with Gasteiger partial charge in [-0.05, 0) is 81.1 Å². The molecule has 176 valence electrons. The maximum Gasteiger partial charge on any atom is 0.681 e. The molecule has 0 aromatic heterocycles. The molecule has 0 fully saturated rings. The molecule has 0 rings (SSSR count). The Balaban J connectivity index is 6.27. The number of rotatable bonds is 16. The van der Waals surface area contributed by atoms with Crippen molar-refractivity contribution in [1.82, 2.24) is 0 Å². The van der Waals surface area contributed by atoms with Crippen molar-refractivity contribution in [3.05, 3.63) is 0 Å². The van der Waals surface area contributed by atoms with Crippen molar-refractivity contribution in [2.24, 2.45) is 0 Å². The fourth-order valence-electron chi connectivity index (χ4n) is 4.09. The van der Waals surface area contributed by atoms with Crippen LogP contribution in [0.5, 0.6) is 0 Å². The molecule has 0 radical (unpaired) electrons. The van der Waals surface area contributed by atoms with Crippen LogP contribution in [0.15, 0.2) is 0 Å². The first-order chi connectivity index (χ1) is 13.1. The average molecular weight is 433 g/mol. The van der Waals surface area contributed by atoms with Crippen LogP contribution >= 0.6 is 0 Å². The van der Waals surface area contributed by atoms with Crippen LogP contribution < -0.4 is 0 Å². The van der Waals surface area contributed by atoms with Crippen LogP contribution in [-0.2, 0) is 17.7 Å². The van der Waals surface area contributed by atoms with Gasteiger partial charge in [-0.15, -0.1) is 0 Å². The Morgan fingerprint density at radius 3 is 0.724 bits per heavy atom. The summed E-state index contributed by atoms with van der Waals surface area (Å²) in [4.78, 5) is 0. The molecule has 0 saturated carbocycles. The predicted molar refractivity (Wildman–Crippen MR) is 126 cm³/mol. The van der Waals surface area contributed by atoms with E-state index in [0.717, 1.165) is 51.4 Å². The van der Waals surface area contributed by atoms with Crippen LogP contribution in [0.3, 0.4) is 0 Å². The molecule has 0 aromatic carbocycles. The molecule has 0 N–H and O–H groups in total. The molecule has 29 heavy (non-hydrogen) atoms. The summed E-state index contributed by atoms with van der Waals surface area (Å²) in [6.45, 7) is 25.7. The van der Waals surface area contributed by atoms with Crippen LogP contribution in [-0.4, -0.2) is 31.5 Å². The SMILES string of the molecule is CCCC(C)(C)O[Si](OC(C)(C)CCC)(OC(C)(C)CCC)OC(C)(C)CCC. The summed E-state index contributed by atoms with van der Waals surface area (Å²) >= 11 is 0. The van der Waals surface area contributed by atoms with Crippen molar-refractivity contribution >= 4 is 9.05 Å². The summed E-state index contributed by atoms with van der Waals surface area (Å²) in [5, 5.41) is 0. The highest BCUT2D eigenvalue weighted by atomic mass is 28.4. The summed E-state index contributed by atoms with van der Waals surface area (Å²) in [6.07, 6.45) is 7.84. The summed E-state index contributed by atoms with van der Waals surface area (Å²) in [5.74, 6) is 0. The number of hydrogen-bond acceptors (Lipinski definition) is 4. The highest BCUT2D eigenvalue weighted by Gasteiger charge is 2.58. The Morgan fingerprint density at radius 1 is 0.414 bits per heavy atom. The van der Waals surface area contributed by atoms with Gasteiger partial charge in [-0.3, -0.25) is 0 Å². The molecule has 0 aliphatic carbocycles. The molecular formula is C24H52O4Si. The minimum Gasteiger partial charge on any atom is -0.346 e. The van der Waals surface area contributed by atoms with Crippen LogP contribution in [0.25, 0.3) is 0 Å². The first-order valence-electron chi connectivity index (χ1n) is 11.9. The molecule has 0 saturated heterocycles. The van der Waals surface area contributed by atoms with E-state index in [1.807, 2.05) is 0 Å². The van der Waals surface area contributed by atoms with Gasteiger partial charge in [-0.2, -0.15) is 0 Å². The minimum absolute atomic E-state index is 0.381. The molecular weight excluding hydrogens is 380 g/mol. The summed E-state index contributed by atoms with van der Waals surface area (Å²) < 4.78 is 27.1. The van der Waals surface area contributed by atoms with Crippen molar-refractivity contribution in [3.8, 4) is 0 Å². The zero-order chi connectivity index (χ0) is 23.0. The predicted octanol–water partition coefficient (Wildman–Crippen LogP) is 7.80. The van der Waals surface area contributed by atoms with Gasteiger partial charge in [0.05, 0.1) is 22.4 Å². The first-order valence-corrected chi connectivity index (χ1v) is 13.5. The van der Waals surface area contributed by atoms with Gasteiger partial charge < -0.3 is 17.7 Å². The molecule has 0 aliphatic heterocycles. The van der Waals surface area contributed by atoms with Gasteiger partial charge in [0.2, 0.25) is 0 Å². The number of hydrogen-bond donors (Lipinski definition) is 0. The maximum absolute atomic E-state index is 6.78. The molecule has 0 amide bonds. The molecule has 4 nitrogen and oxygen atoms in total. The third-order valence-corrected chi connectivity index (χ3v) is 8.22. The van der Waals surface area contributed by atoms with Gasteiger partial charge in [-0.25, -0.2) is 0 Å². The smallest absolute Gasteiger partial charge is 0.346 e. The lowest BCUT2D eigenvalue weighted by atomic mass is 10.0. The van der Waals surface area contributed by atoms with Gasteiger partial charge >= 0.3 is 9.05 Å². The van der Waals surface area contributed by atoms with Crippen LogP contribution in [0.4, 0.5) is 0 Å². The molecule has 0 unspecified atom stereocenters. The lowest BCUT2D eigenvalue weighted by molar-refractivity contribution is -0.171. The van der Waals surface area contributed by atoms with E-state index in [-0.39, 0.29) is 22.4 Å². The maximum atomic E-state index is 6.78. The topological polar surface area (TPSA) is 36.9 Å². The van der Waals surface area contributed by atoms with Crippen LogP contribution in [0.1, 0.15) is 134 Å². The summed E-state index contributed by atoms with van der Waals surface area (Å²) in [6, 6.07) is 0. The second-order valence-corrected chi connectivity index (χ2v) is 12.8. The van der Waals surface area contributed by atoms with Gasteiger partial charge in [0.1, 0.15) is 0 Å². The molecule has 0 atom stereocenters. The lowest BCUT2D eigenvalue weighted by Crippen LogP contribution is -2.63. The van der Waals surface area contributed by atoms with E-state index in [2.05, 4.69) is 83.1 Å². The Kier molecular flexibility index (Phi) is 11.6. The van der Waals surface area contributed by atoms with E-state index >= 15 is 0 Å². The lowest BCUT2D eigenvalue weighted by Gasteiger charge is -2.46. The van der Waals surface area contributed by atoms with Crippen molar-refractivity contribution in [1.29, 1.82) is 0 Å². The van der Waals surface area contributed by atoms with Crippen LogP contribution in [0, 0.1) is 0 Å². The van der Waals surface area contributed by atoms with E-state index in [1.54, 1.807) is 0 Å². The second kappa shape index (κ2) is 11.6. The third-order valence-electron chi connectivity index (χ3n) is 5.01. The highest BCUT2D eigenvalue weighted by Crippen LogP contribution is 2.37. The minimum atomic E-state index is -3.49. The van der Waals surface area contributed by atoms with E-state index in [4.69, 9.17) is 17.7 Å². The zero-order valence-corrected chi connectivity index (χ0v) is 22.8. The van der Waals surface area contributed by atoms with Crippen molar-refractivity contribution in [3.63, 3.8) is 0 Å². The van der Waals surface area contributed by atoms with Crippen molar-refractivity contribution < 1.29 is 17.7 Å². The van der Waals surface area contributed by atoms with E-state index < -0.39 is 9.05 Å². The molecule has 0 heterocycles. The molecule has 0 bridgehead atoms. The van der Waals surface area contributed by atoms with Crippen molar-refractivity contribution in [2.75, 3.05) is 0 Å². The van der Waals surface area contributed by atoms with E-state index in [1.165, 1.54) is 0 Å². The van der Waals surface area contributed by atoms with Gasteiger partial charge in [-0.1, -0.05) is 53.4 Å². The van der Waals surface area contributed by atoms with Gasteiger partial charge in [0, 0.05) is 0 Å². The summed E-state index contributed by atoms with van der Waals surface area (Å²) in [7, 11) is -3.49. The van der Waals surface area contributed by atoms with E-state index in [9.17, 15) is 0 Å². The quantitative estimate of drug-likeness (QED) is 0.233. The molecule has 0 aromatic rings. The Bertz CT molecular complexity index is 372. The van der Waals surface area contributed by atoms with E-state index in [0.29, 0.717) is 0 Å². The zero-order valence-electron chi connectivity index (χ0n) is 21.8. The molecule has 5 heteroatoms. The monoisotopic (exact) mass is 432 g/mol. The normalized spacial score (nSPS) is 14.5. The third kappa shape index (κ3) is 11.9. The molecule has 0 aliphatic rings. The Labute approximate surface area is 183 Å². The van der Waals surface area contributed by atoms with Crippen LogP contribution in [0.2, 0.25) is 0 Å². The van der Waals surface area contributed by atoms with Gasteiger partial charge in [0.25, 0.3) is 0 Å². The largest absolute Gasteiger partial charge is 0.681 e. The van der Waals surface area contributed by atoms with Crippen molar-refractivity contribution in [2.45, 2.75) is 157 Å². The standard InChI is InChI=1S/C24H52O4Si/c1-13-17-21(5,6)25-29(26-22(7,8)18-14-2,27-23(9,10)19-15-3)28-24(11,12)20-16-4/h13-20H2,1-12H3. The average Bonchev–Trinajstić information content (AvgIpc) is 2.43. The summed E-state index contributed by atoms with van der Waals surface area (Å²) in [5.41, 5.74) is -1.52. The molecule has 0 spiro atoms.